The maximum absolute atomic E-state index is 12.0. The summed E-state index contributed by atoms with van der Waals surface area (Å²) in [5, 5.41) is 10.3. The molecule has 84 valence electrons. The fourth-order valence-electron chi connectivity index (χ4n) is 1.75. The van der Waals surface area contributed by atoms with Crippen LogP contribution in [0.15, 0.2) is 39.7 Å². The van der Waals surface area contributed by atoms with E-state index in [0.29, 0.717) is 23.0 Å². The van der Waals surface area contributed by atoms with Crippen LogP contribution in [0.1, 0.15) is 31.4 Å². The molecule has 3 nitrogen and oxygen atoms in total. The smallest absolute Gasteiger partial charge is 0.198 e. The Kier molecular flexibility index (Phi) is 3.06. The van der Waals surface area contributed by atoms with Gasteiger partial charge in [0.15, 0.2) is 5.43 Å². The summed E-state index contributed by atoms with van der Waals surface area (Å²) >= 11 is 0. The van der Waals surface area contributed by atoms with Crippen molar-refractivity contribution in [3.05, 3.63) is 46.3 Å². The third kappa shape index (κ3) is 1.86. The molecule has 0 radical (unpaired) electrons. The van der Waals surface area contributed by atoms with Crippen molar-refractivity contribution in [1.29, 1.82) is 0 Å². The summed E-state index contributed by atoms with van der Waals surface area (Å²) in [6, 6.07) is 7.05. The van der Waals surface area contributed by atoms with Gasteiger partial charge in [-0.3, -0.25) is 4.79 Å². The Morgan fingerprint density at radius 2 is 2.12 bits per heavy atom. The molecule has 0 bridgehead atoms. The van der Waals surface area contributed by atoms with E-state index in [9.17, 15) is 9.90 Å². The van der Waals surface area contributed by atoms with E-state index in [1.165, 1.54) is 6.26 Å². The first-order valence-corrected chi connectivity index (χ1v) is 5.42. The van der Waals surface area contributed by atoms with Gasteiger partial charge in [0.05, 0.1) is 17.1 Å². The monoisotopic (exact) mass is 218 g/mol. The van der Waals surface area contributed by atoms with Crippen LogP contribution in [0.25, 0.3) is 11.0 Å². The lowest BCUT2D eigenvalue weighted by molar-refractivity contribution is 0.163. The normalized spacial score (nSPS) is 12.9. The molecule has 2 aromatic rings. The van der Waals surface area contributed by atoms with Gasteiger partial charge in [-0.05, 0) is 18.6 Å². The summed E-state index contributed by atoms with van der Waals surface area (Å²) in [4.78, 5) is 12.0. The number of rotatable bonds is 3. The Morgan fingerprint density at radius 3 is 2.88 bits per heavy atom. The number of hydrogen-bond acceptors (Lipinski definition) is 3. The highest BCUT2D eigenvalue weighted by Crippen LogP contribution is 2.18. The molecule has 3 heteroatoms. The molecule has 2 rings (SSSR count). The van der Waals surface area contributed by atoms with Gasteiger partial charge < -0.3 is 9.52 Å². The molecule has 1 atom stereocenters. The molecule has 0 saturated heterocycles. The molecule has 1 heterocycles. The highest BCUT2D eigenvalue weighted by Gasteiger charge is 2.13. The summed E-state index contributed by atoms with van der Waals surface area (Å²) in [5.41, 5.74) is 0.767. The summed E-state index contributed by atoms with van der Waals surface area (Å²) in [6.07, 6.45) is 2.03. The van der Waals surface area contributed by atoms with Crippen LogP contribution in [0, 0.1) is 0 Å². The zero-order chi connectivity index (χ0) is 11.5. The number of fused-ring (bicyclic) bond motifs is 1. The van der Waals surface area contributed by atoms with Gasteiger partial charge in [0.2, 0.25) is 0 Å². The molecule has 16 heavy (non-hydrogen) atoms. The van der Waals surface area contributed by atoms with Crippen molar-refractivity contribution >= 4 is 11.0 Å². The van der Waals surface area contributed by atoms with E-state index in [1.807, 2.05) is 13.0 Å². The molecule has 1 N–H and O–H groups in total. The van der Waals surface area contributed by atoms with E-state index in [4.69, 9.17) is 4.42 Å². The Hall–Kier alpha value is -1.61. The Balaban J connectivity index is 2.57. The zero-order valence-corrected chi connectivity index (χ0v) is 9.14. The van der Waals surface area contributed by atoms with Crippen LogP contribution in [0.5, 0.6) is 0 Å². The number of aliphatic hydroxyl groups is 1. The molecule has 1 aromatic carbocycles. The number of hydrogen-bond donors (Lipinski definition) is 1. The lowest BCUT2D eigenvalue weighted by atomic mass is 10.1. The minimum absolute atomic E-state index is 0.136. The molecule has 0 amide bonds. The summed E-state index contributed by atoms with van der Waals surface area (Å²) in [6.45, 7) is 1.96. The average molecular weight is 218 g/mol. The van der Waals surface area contributed by atoms with Gasteiger partial charge in [0.1, 0.15) is 11.8 Å². The van der Waals surface area contributed by atoms with Crippen LogP contribution in [0.4, 0.5) is 0 Å². The fourth-order valence-corrected chi connectivity index (χ4v) is 1.75. The van der Waals surface area contributed by atoms with Gasteiger partial charge in [0.25, 0.3) is 0 Å². The molecule has 0 spiro atoms. The van der Waals surface area contributed by atoms with Gasteiger partial charge in [-0.2, -0.15) is 0 Å². The molecular weight excluding hydrogens is 204 g/mol. The predicted octanol–water partition coefficient (Wildman–Crippen LogP) is 2.63. The van der Waals surface area contributed by atoms with Crippen LogP contribution in [-0.4, -0.2) is 5.11 Å². The third-order valence-electron chi connectivity index (χ3n) is 2.63. The minimum atomic E-state index is -0.731. The number of aliphatic hydroxyl groups excluding tert-OH is 1. The summed E-state index contributed by atoms with van der Waals surface area (Å²) in [7, 11) is 0. The molecule has 0 aliphatic carbocycles. The van der Waals surface area contributed by atoms with Crippen LogP contribution in [-0.2, 0) is 0 Å². The summed E-state index contributed by atoms with van der Waals surface area (Å²) in [5.74, 6) is 0. The molecule has 0 fully saturated rings. The molecule has 0 aliphatic rings. The first kappa shape index (κ1) is 10.9. The van der Waals surface area contributed by atoms with E-state index >= 15 is 0 Å². The van der Waals surface area contributed by atoms with Crippen molar-refractivity contribution in [1.82, 2.24) is 0 Å². The topological polar surface area (TPSA) is 50.4 Å². The van der Waals surface area contributed by atoms with Crippen molar-refractivity contribution in [2.24, 2.45) is 0 Å². The number of para-hydroxylation sites is 1. The lowest BCUT2D eigenvalue weighted by Crippen LogP contribution is -2.13. The molecule has 1 aromatic heterocycles. The van der Waals surface area contributed by atoms with E-state index in [1.54, 1.807) is 18.2 Å². The lowest BCUT2D eigenvalue weighted by Gasteiger charge is -2.08. The fraction of sp³-hybridized carbons (Fsp3) is 0.308. The predicted molar refractivity (Wildman–Crippen MR) is 62.4 cm³/mol. The van der Waals surface area contributed by atoms with Crippen LogP contribution in [0.3, 0.4) is 0 Å². The highest BCUT2D eigenvalue weighted by molar-refractivity contribution is 5.76. The second kappa shape index (κ2) is 4.49. The quantitative estimate of drug-likeness (QED) is 0.861. The van der Waals surface area contributed by atoms with Crippen LogP contribution < -0.4 is 5.43 Å². The van der Waals surface area contributed by atoms with Crippen molar-refractivity contribution in [3.8, 4) is 0 Å². The zero-order valence-electron chi connectivity index (χ0n) is 9.14. The Labute approximate surface area is 93.3 Å². The Bertz CT molecular complexity index is 542. The Morgan fingerprint density at radius 1 is 1.38 bits per heavy atom. The second-order valence-electron chi connectivity index (χ2n) is 3.82. The molecule has 0 aliphatic heterocycles. The molecular formula is C13H14O3. The minimum Gasteiger partial charge on any atom is -0.464 e. The van der Waals surface area contributed by atoms with Gasteiger partial charge >= 0.3 is 0 Å². The van der Waals surface area contributed by atoms with Crippen molar-refractivity contribution in [2.45, 2.75) is 25.9 Å². The molecule has 1 unspecified atom stereocenters. The highest BCUT2D eigenvalue weighted by atomic mass is 16.3. The van der Waals surface area contributed by atoms with Crippen LogP contribution in [0.2, 0.25) is 0 Å². The SMILES string of the molecule is CCCC(O)c1coc2ccccc2c1=O. The first-order valence-electron chi connectivity index (χ1n) is 5.42. The second-order valence-corrected chi connectivity index (χ2v) is 3.82. The average Bonchev–Trinajstić information content (AvgIpc) is 2.30. The largest absolute Gasteiger partial charge is 0.464 e. The van der Waals surface area contributed by atoms with Crippen molar-refractivity contribution in [3.63, 3.8) is 0 Å². The van der Waals surface area contributed by atoms with Gasteiger partial charge in [-0.25, -0.2) is 0 Å². The van der Waals surface area contributed by atoms with Gasteiger partial charge in [-0.15, -0.1) is 0 Å². The van der Waals surface area contributed by atoms with Gasteiger partial charge in [-0.1, -0.05) is 25.5 Å². The van der Waals surface area contributed by atoms with E-state index < -0.39 is 6.10 Å². The van der Waals surface area contributed by atoms with E-state index in [0.717, 1.165) is 6.42 Å². The van der Waals surface area contributed by atoms with Crippen LogP contribution >= 0.6 is 0 Å². The standard InChI is InChI=1S/C13H14O3/c1-2-5-11(14)10-8-16-12-7-4-3-6-9(12)13(10)15/h3-4,6-8,11,14H,2,5H2,1H3. The van der Waals surface area contributed by atoms with Crippen molar-refractivity contribution in [2.75, 3.05) is 0 Å². The van der Waals surface area contributed by atoms with Gasteiger partial charge in [0, 0.05) is 0 Å². The summed E-state index contributed by atoms with van der Waals surface area (Å²) < 4.78 is 5.33. The maximum atomic E-state index is 12.0. The van der Waals surface area contributed by atoms with E-state index in [-0.39, 0.29) is 5.43 Å². The van der Waals surface area contributed by atoms with Crippen molar-refractivity contribution < 1.29 is 9.52 Å². The maximum Gasteiger partial charge on any atom is 0.198 e. The van der Waals surface area contributed by atoms with E-state index in [2.05, 4.69) is 0 Å². The number of benzene rings is 1. The molecule has 0 saturated carbocycles. The first-order chi connectivity index (χ1) is 7.74. The third-order valence-corrected chi connectivity index (χ3v) is 2.63.